The van der Waals surface area contributed by atoms with E-state index >= 15 is 0 Å². The molecule has 0 nitrogen and oxygen atoms in total. The third kappa shape index (κ3) is 6.70. The maximum atomic E-state index is 2.68. The molecule has 2 aliphatic rings. The Bertz CT molecular complexity index is 453. The minimum absolute atomic E-state index is 0.577. The van der Waals surface area contributed by atoms with Crippen molar-refractivity contribution in [2.75, 3.05) is 6.16 Å². The van der Waals surface area contributed by atoms with Gasteiger partial charge in [0.15, 0.2) is 0 Å². The predicted octanol–water partition coefficient (Wildman–Crippen LogP) is 9.42. The molecule has 0 saturated heterocycles. The van der Waals surface area contributed by atoms with Crippen molar-refractivity contribution in [1.82, 2.24) is 0 Å². The molecule has 0 aromatic carbocycles. The van der Waals surface area contributed by atoms with E-state index in [4.69, 9.17) is 0 Å². The summed E-state index contributed by atoms with van der Waals surface area (Å²) < 4.78 is 0. The van der Waals surface area contributed by atoms with Gasteiger partial charge in [0.2, 0.25) is 0 Å². The van der Waals surface area contributed by atoms with Crippen molar-refractivity contribution in [3.8, 4) is 0 Å². The molecule has 2 rings (SSSR count). The zero-order valence-electron chi connectivity index (χ0n) is 21.4. The van der Waals surface area contributed by atoms with Gasteiger partial charge in [-0.1, -0.05) is 93.9 Å². The highest BCUT2D eigenvalue weighted by molar-refractivity contribution is 7.38. The Labute approximate surface area is 186 Å². The SMILES string of the molecule is CCPC(C)C(C(C)CC)C1CC(C)(C(C)CC(CC)CC2CCCC2)CC1C. The lowest BCUT2D eigenvalue weighted by Gasteiger charge is -2.38. The zero-order chi connectivity index (χ0) is 21.6. The normalized spacial score (nSPS) is 33.9. The quantitative estimate of drug-likeness (QED) is 0.275. The van der Waals surface area contributed by atoms with Crippen LogP contribution in [0.4, 0.5) is 0 Å². The Morgan fingerprint density at radius 2 is 1.62 bits per heavy atom. The van der Waals surface area contributed by atoms with Gasteiger partial charge >= 0.3 is 0 Å². The Kier molecular flexibility index (Phi) is 10.5. The summed E-state index contributed by atoms with van der Waals surface area (Å²) in [6.07, 6.45) is 16.2. The first kappa shape index (κ1) is 25.7. The molecule has 172 valence electrons. The van der Waals surface area contributed by atoms with Gasteiger partial charge < -0.3 is 0 Å². The van der Waals surface area contributed by atoms with E-state index in [1.165, 1.54) is 70.4 Å². The average Bonchev–Trinajstić information content (AvgIpc) is 3.29. The molecule has 2 saturated carbocycles. The summed E-state index contributed by atoms with van der Waals surface area (Å²) in [5, 5.41) is 0. The molecule has 29 heavy (non-hydrogen) atoms. The molecule has 0 bridgehead atoms. The van der Waals surface area contributed by atoms with Crippen LogP contribution in [-0.4, -0.2) is 11.8 Å². The molecule has 0 N–H and O–H groups in total. The maximum absolute atomic E-state index is 2.68. The van der Waals surface area contributed by atoms with Crippen LogP contribution in [0.1, 0.15) is 120 Å². The van der Waals surface area contributed by atoms with Gasteiger partial charge in [-0.2, -0.15) is 0 Å². The fraction of sp³-hybridized carbons (Fsp3) is 1.00. The van der Waals surface area contributed by atoms with Crippen LogP contribution in [0.3, 0.4) is 0 Å². The van der Waals surface area contributed by atoms with Crippen LogP contribution < -0.4 is 0 Å². The molecule has 0 heterocycles. The maximum Gasteiger partial charge on any atom is -0.0232 e. The molecular weight excluding hydrogens is 367 g/mol. The standard InChI is InChI=1S/C28H55P/c1-9-20(4)27(23(7)29-11-3)26-19-28(8,18-21(26)5)22(6)16-24(10-2)17-25-14-12-13-15-25/h20-27,29H,9-19H2,1-8H3. The van der Waals surface area contributed by atoms with Gasteiger partial charge in [-0.25, -0.2) is 0 Å². The molecule has 0 aromatic rings. The number of hydrogen-bond acceptors (Lipinski definition) is 0. The molecule has 0 aliphatic heterocycles. The molecule has 0 aromatic heterocycles. The average molecular weight is 423 g/mol. The van der Waals surface area contributed by atoms with Gasteiger partial charge in [-0.15, -0.1) is 8.58 Å². The topological polar surface area (TPSA) is 0 Å². The second-order valence-electron chi connectivity index (χ2n) is 11.8. The molecule has 2 fully saturated rings. The highest BCUT2D eigenvalue weighted by atomic mass is 31.1. The molecule has 9 atom stereocenters. The second-order valence-corrected chi connectivity index (χ2v) is 13.8. The third-order valence-electron chi connectivity index (χ3n) is 9.72. The summed E-state index contributed by atoms with van der Waals surface area (Å²) in [5.41, 5.74) is 1.50. The molecular formula is C28H55P. The van der Waals surface area contributed by atoms with E-state index in [0.717, 1.165) is 55.7 Å². The zero-order valence-corrected chi connectivity index (χ0v) is 22.4. The first-order valence-corrected chi connectivity index (χ1v) is 14.8. The van der Waals surface area contributed by atoms with Crippen LogP contribution >= 0.6 is 8.58 Å². The van der Waals surface area contributed by atoms with Crippen LogP contribution in [-0.2, 0) is 0 Å². The third-order valence-corrected chi connectivity index (χ3v) is 11.2. The second kappa shape index (κ2) is 11.9. The summed E-state index contributed by atoms with van der Waals surface area (Å²) in [6.45, 7) is 20.3. The van der Waals surface area contributed by atoms with Crippen LogP contribution in [0.5, 0.6) is 0 Å². The number of rotatable bonds is 12. The van der Waals surface area contributed by atoms with Gasteiger partial charge in [0, 0.05) is 0 Å². The van der Waals surface area contributed by atoms with Crippen molar-refractivity contribution in [2.45, 2.75) is 125 Å². The van der Waals surface area contributed by atoms with Crippen molar-refractivity contribution in [2.24, 2.45) is 46.8 Å². The molecule has 1 heteroatoms. The van der Waals surface area contributed by atoms with Gasteiger partial charge in [0.1, 0.15) is 0 Å². The highest BCUT2D eigenvalue weighted by Crippen LogP contribution is 2.56. The van der Waals surface area contributed by atoms with E-state index < -0.39 is 0 Å². The van der Waals surface area contributed by atoms with Gasteiger partial charge in [0.25, 0.3) is 0 Å². The fourth-order valence-electron chi connectivity index (χ4n) is 7.58. The lowest BCUT2D eigenvalue weighted by molar-refractivity contribution is 0.140. The fourth-order valence-corrected chi connectivity index (χ4v) is 9.07. The summed E-state index contributed by atoms with van der Waals surface area (Å²) >= 11 is 0. The molecule has 0 spiro atoms. The van der Waals surface area contributed by atoms with Crippen molar-refractivity contribution < 1.29 is 0 Å². The lowest BCUT2D eigenvalue weighted by atomic mass is 9.69. The Hall–Kier alpha value is 0.430. The summed E-state index contributed by atoms with van der Waals surface area (Å²) in [5.74, 6) is 6.64. The molecule has 9 unspecified atom stereocenters. The Morgan fingerprint density at radius 3 is 2.17 bits per heavy atom. The van der Waals surface area contributed by atoms with Crippen LogP contribution in [0.15, 0.2) is 0 Å². The van der Waals surface area contributed by atoms with E-state index in [0.29, 0.717) is 5.41 Å². The number of hydrogen-bond donors (Lipinski definition) is 0. The molecule has 2 aliphatic carbocycles. The lowest BCUT2D eigenvalue weighted by Crippen LogP contribution is -2.32. The van der Waals surface area contributed by atoms with E-state index in [1.54, 1.807) is 0 Å². The van der Waals surface area contributed by atoms with Gasteiger partial charge in [0.05, 0.1) is 0 Å². The van der Waals surface area contributed by atoms with Crippen LogP contribution in [0, 0.1) is 46.8 Å². The van der Waals surface area contributed by atoms with Crippen LogP contribution in [0.2, 0.25) is 0 Å². The van der Waals surface area contributed by atoms with Crippen molar-refractivity contribution >= 4 is 8.58 Å². The summed E-state index contributed by atoms with van der Waals surface area (Å²) in [6, 6.07) is 0. The van der Waals surface area contributed by atoms with Gasteiger partial charge in [-0.05, 0) is 84.3 Å². The molecule has 0 amide bonds. The van der Waals surface area contributed by atoms with Crippen molar-refractivity contribution in [3.63, 3.8) is 0 Å². The van der Waals surface area contributed by atoms with Crippen molar-refractivity contribution in [3.05, 3.63) is 0 Å². The van der Waals surface area contributed by atoms with Crippen molar-refractivity contribution in [1.29, 1.82) is 0 Å². The van der Waals surface area contributed by atoms with E-state index in [1.807, 2.05) is 0 Å². The molecule has 0 radical (unpaired) electrons. The Balaban J connectivity index is 2.04. The largest absolute Gasteiger partial charge is 0.119 e. The summed E-state index contributed by atoms with van der Waals surface area (Å²) in [4.78, 5) is 0. The predicted molar refractivity (Wildman–Crippen MR) is 135 cm³/mol. The minimum Gasteiger partial charge on any atom is -0.119 e. The summed E-state index contributed by atoms with van der Waals surface area (Å²) in [7, 11) is 1.16. The van der Waals surface area contributed by atoms with E-state index in [2.05, 4.69) is 55.4 Å². The monoisotopic (exact) mass is 422 g/mol. The first-order chi connectivity index (χ1) is 13.8. The first-order valence-electron chi connectivity index (χ1n) is 13.5. The van der Waals surface area contributed by atoms with Crippen LogP contribution in [0.25, 0.3) is 0 Å². The minimum atomic E-state index is 0.577. The smallest absolute Gasteiger partial charge is 0.0232 e. The highest BCUT2D eigenvalue weighted by Gasteiger charge is 2.47. The van der Waals surface area contributed by atoms with E-state index in [-0.39, 0.29) is 0 Å². The van der Waals surface area contributed by atoms with Gasteiger partial charge in [-0.3, -0.25) is 0 Å². The van der Waals surface area contributed by atoms with E-state index in [9.17, 15) is 0 Å². The Morgan fingerprint density at radius 1 is 0.966 bits per heavy atom.